The van der Waals surface area contributed by atoms with Crippen LogP contribution in [0.2, 0.25) is 0 Å². The summed E-state index contributed by atoms with van der Waals surface area (Å²) in [6, 6.07) is 5.96. The van der Waals surface area contributed by atoms with Crippen LogP contribution in [0.15, 0.2) is 22.7 Å². The van der Waals surface area contributed by atoms with Crippen LogP contribution in [-0.4, -0.2) is 10.7 Å². The van der Waals surface area contributed by atoms with E-state index in [4.69, 9.17) is 4.74 Å². The molecule has 1 heterocycles. The van der Waals surface area contributed by atoms with Gasteiger partial charge in [-0.3, -0.25) is 0 Å². The molecule has 0 saturated heterocycles. The second-order valence-corrected chi connectivity index (χ2v) is 7.06. The van der Waals surface area contributed by atoms with Gasteiger partial charge in [0.15, 0.2) is 0 Å². The molecular weight excluding hydrogens is 292 g/mol. The lowest BCUT2D eigenvalue weighted by Crippen LogP contribution is -2.45. The molecule has 2 aliphatic carbocycles. The number of aliphatic hydroxyl groups excluding tert-OH is 1. The van der Waals surface area contributed by atoms with E-state index in [-0.39, 0.29) is 11.7 Å². The lowest BCUT2D eigenvalue weighted by molar-refractivity contribution is -0.0509. The summed E-state index contributed by atoms with van der Waals surface area (Å²) in [4.78, 5) is 0. The summed E-state index contributed by atoms with van der Waals surface area (Å²) in [6.07, 6.45) is 5.50. The van der Waals surface area contributed by atoms with Gasteiger partial charge in [-0.15, -0.1) is 0 Å². The van der Waals surface area contributed by atoms with Crippen LogP contribution in [0.3, 0.4) is 0 Å². The first-order valence-corrected chi connectivity index (χ1v) is 7.62. The molecule has 2 fully saturated rings. The smallest absolute Gasteiger partial charge is 0.127 e. The van der Waals surface area contributed by atoms with E-state index in [1.165, 1.54) is 19.3 Å². The van der Waals surface area contributed by atoms with Crippen LogP contribution in [0.5, 0.6) is 5.75 Å². The zero-order valence-corrected chi connectivity index (χ0v) is 11.8. The van der Waals surface area contributed by atoms with Crippen molar-refractivity contribution in [1.82, 2.24) is 0 Å². The zero-order chi connectivity index (χ0) is 12.3. The van der Waals surface area contributed by atoms with E-state index >= 15 is 0 Å². The van der Waals surface area contributed by atoms with Gasteiger partial charge in [0.2, 0.25) is 0 Å². The van der Waals surface area contributed by atoms with Crippen LogP contribution >= 0.6 is 15.9 Å². The highest BCUT2D eigenvalue weighted by Crippen LogP contribution is 2.58. The minimum absolute atomic E-state index is 0.0733. The molecule has 3 unspecified atom stereocenters. The van der Waals surface area contributed by atoms with E-state index in [9.17, 15) is 5.11 Å². The van der Waals surface area contributed by atoms with E-state index in [0.717, 1.165) is 34.5 Å². The Morgan fingerprint density at radius 3 is 2.89 bits per heavy atom. The topological polar surface area (TPSA) is 29.5 Å². The Kier molecular flexibility index (Phi) is 2.34. The minimum Gasteiger partial charge on any atom is -0.486 e. The highest BCUT2D eigenvalue weighted by Gasteiger charge is 2.55. The summed E-state index contributed by atoms with van der Waals surface area (Å²) in [5.41, 5.74) is 0.877. The van der Waals surface area contributed by atoms with Gasteiger partial charge in [-0.1, -0.05) is 22.0 Å². The van der Waals surface area contributed by atoms with Crippen LogP contribution in [0.4, 0.5) is 0 Å². The van der Waals surface area contributed by atoms with E-state index in [2.05, 4.69) is 15.9 Å². The lowest BCUT2D eigenvalue weighted by atomic mass is 9.77. The van der Waals surface area contributed by atoms with Gasteiger partial charge in [-0.2, -0.15) is 0 Å². The second kappa shape index (κ2) is 3.73. The molecule has 2 saturated carbocycles. The molecule has 0 amide bonds. The number of ether oxygens (including phenoxy) is 1. The molecule has 0 aromatic heterocycles. The van der Waals surface area contributed by atoms with E-state index in [1.807, 2.05) is 18.2 Å². The molecule has 0 radical (unpaired) electrons. The van der Waals surface area contributed by atoms with Crippen molar-refractivity contribution < 1.29 is 9.84 Å². The normalized spacial score (nSPS) is 40.9. The van der Waals surface area contributed by atoms with Gasteiger partial charge >= 0.3 is 0 Å². The molecule has 1 spiro atoms. The maximum Gasteiger partial charge on any atom is 0.127 e. The highest BCUT2D eigenvalue weighted by molar-refractivity contribution is 9.10. The third-order valence-electron chi connectivity index (χ3n) is 5.11. The average Bonchev–Trinajstić information content (AvgIpc) is 2.88. The predicted octanol–water partition coefficient (Wildman–Crippen LogP) is 3.82. The van der Waals surface area contributed by atoms with Gasteiger partial charge < -0.3 is 9.84 Å². The van der Waals surface area contributed by atoms with Crippen molar-refractivity contribution >= 4 is 15.9 Å². The molecule has 4 atom stereocenters. The summed E-state index contributed by atoms with van der Waals surface area (Å²) in [5, 5.41) is 10.4. The summed E-state index contributed by atoms with van der Waals surface area (Å²) < 4.78 is 7.40. The van der Waals surface area contributed by atoms with Gasteiger partial charge in [0, 0.05) is 16.5 Å². The summed E-state index contributed by atoms with van der Waals surface area (Å²) >= 11 is 3.49. The molecule has 1 N–H and O–H groups in total. The van der Waals surface area contributed by atoms with Crippen LogP contribution < -0.4 is 4.74 Å². The van der Waals surface area contributed by atoms with Crippen molar-refractivity contribution in [2.45, 2.75) is 43.8 Å². The Labute approximate surface area is 115 Å². The number of fused-ring (bicyclic) bond motifs is 4. The van der Waals surface area contributed by atoms with Crippen molar-refractivity contribution in [1.29, 1.82) is 0 Å². The van der Waals surface area contributed by atoms with Crippen molar-refractivity contribution in [2.75, 3.05) is 0 Å². The fraction of sp³-hybridized carbons (Fsp3) is 0.600. The molecule has 96 valence electrons. The first-order chi connectivity index (χ1) is 8.66. The van der Waals surface area contributed by atoms with Crippen LogP contribution in [0.25, 0.3) is 0 Å². The molecule has 1 aromatic rings. The number of hydrogen-bond donors (Lipinski definition) is 1. The molecule has 1 aliphatic heterocycles. The Hall–Kier alpha value is -0.540. The zero-order valence-electron chi connectivity index (χ0n) is 10.2. The maximum atomic E-state index is 10.4. The Morgan fingerprint density at radius 2 is 2.17 bits per heavy atom. The van der Waals surface area contributed by atoms with Gasteiger partial charge in [0.25, 0.3) is 0 Å². The number of hydrogen-bond acceptors (Lipinski definition) is 2. The lowest BCUT2D eigenvalue weighted by Gasteiger charge is -2.43. The van der Waals surface area contributed by atoms with E-state index in [1.54, 1.807) is 0 Å². The largest absolute Gasteiger partial charge is 0.486 e. The molecule has 2 bridgehead atoms. The predicted molar refractivity (Wildman–Crippen MR) is 72.5 cm³/mol. The van der Waals surface area contributed by atoms with Crippen molar-refractivity contribution in [3.63, 3.8) is 0 Å². The molecule has 1 aromatic carbocycles. The third kappa shape index (κ3) is 1.50. The van der Waals surface area contributed by atoms with Crippen LogP contribution in [0, 0.1) is 11.8 Å². The van der Waals surface area contributed by atoms with Crippen molar-refractivity contribution in [3.05, 3.63) is 28.2 Å². The van der Waals surface area contributed by atoms with Crippen molar-refractivity contribution in [2.24, 2.45) is 11.8 Å². The minimum atomic E-state index is -0.360. The van der Waals surface area contributed by atoms with Crippen LogP contribution in [0.1, 0.15) is 43.8 Å². The van der Waals surface area contributed by atoms with Gasteiger partial charge in [-0.25, -0.2) is 0 Å². The van der Waals surface area contributed by atoms with Crippen LogP contribution in [-0.2, 0) is 0 Å². The van der Waals surface area contributed by atoms with E-state index < -0.39 is 0 Å². The molecule has 3 heteroatoms. The number of halogens is 1. The number of benzene rings is 1. The Morgan fingerprint density at radius 1 is 1.28 bits per heavy atom. The average molecular weight is 309 g/mol. The summed E-state index contributed by atoms with van der Waals surface area (Å²) in [6.45, 7) is 0. The SMILES string of the molecule is O[C@@H]1CC2(CC3CCC2C3)Oc2cc(Br)ccc21. The molecule has 4 rings (SSSR count). The van der Waals surface area contributed by atoms with Crippen molar-refractivity contribution in [3.8, 4) is 5.75 Å². The summed E-state index contributed by atoms with van der Waals surface area (Å²) in [5.74, 6) is 2.37. The first kappa shape index (κ1) is 11.3. The molecule has 3 aliphatic rings. The number of aliphatic hydroxyl groups is 1. The highest BCUT2D eigenvalue weighted by atomic mass is 79.9. The number of rotatable bonds is 0. The maximum absolute atomic E-state index is 10.4. The quantitative estimate of drug-likeness (QED) is 0.789. The Balaban J connectivity index is 1.75. The van der Waals surface area contributed by atoms with Gasteiger partial charge in [0.05, 0.1) is 6.10 Å². The second-order valence-electron chi connectivity index (χ2n) is 6.15. The molecule has 18 heavy (non-hydrogen) atoms. The molecular formula is C15H17BrO2. The fourth-order valence-corrected chi connectivity index (χ4v) is 4.68. The van der Waals surface area contributed by atoms with E-state index in [0.29, 0.717) is 5.92 Å². The monoisotopic (exact) mass is 308 g/mol. The fourth-order valence-electron chi connectivity index (χ4n) is 4.34. The third-order valence-corrected chi connectivity index (χ3v) is 5.60. The standard InChI is InChI=1S/C15H17BrO2/c16-11-3-4-12-13(17)8-15(18-14(12)6-11)7-9-1-2-10(15)5-9/h3-4,6,9-10,13,17H,1-2,5,7-8H2/t9?,10?,13-,15?/m1/s1. The first-order valence-electron chi connectivity index (χ1n) is 6.83. The van der Waals surface area contributed by atoms with Gasteiger partial charge in [-0.05, 0) is 49.7 Å². The summed E-state index contributed by atoms with van der Waals surface area (Å²) in [7, 11) is 0. The Bertz CT molecular complexity index is 501. The van der Waals surface area contributed by atoms with Gasteiger partial charge in [0.1, 0.15) is 11.4 Å². The molecule has 2 nitrogen and oxygen atoms in total.